The molecule has 0 N–H and O–H groups in total. The zero-order valence-electron chi connectivity index (χ0n) is 11.6. The van der Waals surface area contributed by atoms with Crippen molar-refractivity contribution in [1.82, 2.24) is 4.57 Å². The van der Waals surface area contributed by atoms with Gasteiger partial charge in [0.2, 0.25) is 0 Å². The van der Waals surface area contributed by atoms with E-state index in [2.05, 4.69) is 0 Å². The van der Waals surface area contributed by atoms with Crippen LogP contribution in [0, 0.1) is 0 Å². The fourth-order valence-corrected chi connectivity index (χ4v) is 1.78. The summed E-state index contributed by atoms with van der Waals surface area (Å²) in [6.45, 7) is 4.15. The molecule has 0 aliphatic rings. The lowest BCUT2D eigenvalue weighted by Crippen LogP contribution is -2.27. The average Bonchev–Trinajstić information content (AvgIpc) is 2.46. The third-order valence-electron chi connectivity index (χ3n) is 3.00. The summed E-state index contributed by atoms with van der Waals surface area (Å²) in [5.74, 6) is 0.240. The molecule has 4 nitrogen and oxygen atoms in total. The van der Waals surface area contributed by atoms with Crippen LogP contribution in [0.5, 0.6) is 0 Å². The molecule has 20 heavy (non-hydrogen) atoms. The van der Waals surface area contributed by atoms with Crippen molar-refractivity contribution >= 4 is 6.09 Å². The van der Waals surface area contributed by atoms with E-state index in [4.69, 9.17) is 4.74 Å². The topological polar surface area (TPSA) is 48.3 Å². The number of aromatic nitrogens is 1. The summed E-state index contributed by atoms with van der Waals surface area (Å²) in [5, 5.41) is 0. The highest BCUT2D eigenvalue weighted by Crippen LogP contribution is 2.11. The summed E-state index contributed by atoms with van der Waals surface area (Å²) in [6.07, 6.45) is 0.890. The van der Waals surface area contributed by atoms with Crippen molar-refractivity contribution in [2.75, 3.05) is 0 Å². The first kappa shape index (κ1) is 14.1. The van der Waals surface area contributed by atoms with Gasteiger partial charge in [0, 0.05) is 12.3 Å². The molecule has 2 aromatic rings. The second kappa shape index (κ2) is 6.19. The fraction of sp³-hybridized carbons (Fsp3) is 0.250. The molecule has 1 aromatic heterocycles. The van der Waals surface area contributed by atoms with Crippen molar-refractivity contribution in [3.8, 4) is 0 Å². The van der Waals surface area contributed by atoms with Gasteiger partial charge in [0.1, 0.15) is 6.61 Å². The van der Waals surface area contributed by atoms with Crippen molar-refractivity contribution in [2.45, 2.75) is 26.4 Å². The number of carbonyl (C=O) groups is 1. The molecule has 4 heteroatoms. The summed E-state index contributed by atoms with van der Waals surface area (Å²) in [4.78, 5) is 23.7. The SMILES string of the molecule is CC(C)c1ccc(=O)n(C(=O)OCc2ccccc2)c1. The van der Waals surface area contributed by atoms with E-state index in [0.29, 0.717) is 0 Å². The molecule has 0 aliphatic heterocycles. The Hall–Kier alpha value is -2.36. The third-order valence-corrected chi connectivity index (χ3v) is 3.00. The van der Waals surface area contributed by atoms with Crippen LogP contribution in [0.4, 0.5) is 4.79 Å². The molecule has 0 unspecified atom stereocenters. The first-order valence-corrected chi connectivity index (χ1v) is 6.51. The molecule has 0 atom stereocenters. The maximum atomic E-state index is 12.0. The number of carbonyl (C=O) groups excluding carboxylic acids is 1. The Balaban J connectivity index is 2.13. The van der Waals surface area contributed by atoms with Crippen LogP contribution in [0.15, 0.2) is 53.5 Å². The summed E-state index contributed by atoms with van der Waals surface area (Å²) in [5.41, 5.74) is 1.42. The van der Waals surface area contributed by atoms with E-state index < -0.39 is 6.09 Å². The molecule has 0 saturated carbocycles. The van der Waals surface area contributed by atoms with E-state index in [1.807, 2.05) is 44.2 Å². The van der Waals surface area contributed by atoms with E-state index in [9.17, 15) is 9.59 Å². The van der Waals surface area contributed by atoms with Gasteiger partial charge >= 0.3 is 6.09 Å². The Labute approximate surface area is 117 Å². The van der Waals surface area contributed by atoms with E-state index >= 15 is 0 Å². The van der Waals surface area contributed by atoms with Gasteiger partial charge in [-0.1, -0.05) is 50.2 Å². The summed E-state index contributed by atoms with van der Waals surface area (Å²) in [7, 11) is 0. The van der Waals surface area contributed by atoms with Gasteiger partial charge in [-0.25, -0.2) is 9.36 Å². The van der Waals surface area contributed by atoms with Crippen molar-refractivity contribution in [2.24, 2.45) is 0 Å². The van der Waals surface area contributed by atoms with E-state index in [-0.39, 0.29) is 18.1 Å². The molecule has 104 valence electrons. The quantitative estimate of drug-likeness (QED) is 0.861. The summed E-state index contributed by atoms with van der Waals surface area (Å²) >= 11 is 0. The monoisotopic (exact) mass is 271 g/mol. The van der Waals surface area contributed by atoms with Gasteiger partial charge < -0.3 is 4.74 Å². The second-order valence-corrected chi connectivity index (χ2v) is 4.87. The van der Waals surface area contributed by atoms with E-state index in [1.54, 1.807) is 12.3 Å². The van der Waals surface area contributed by atoms with Crippen LogP contribution in [0.1, 0.15) is 30.9 Å². The van der Waals surface area contributed by atoms with Crippen molar-refractivity contribution in [3.63, 3.8) is 0 Å². The molecule has 2 rings (SSSR count). The van der Waals surface area contributed by atoms with Gasteiger partial charge in [0.05, 0.1) is 0 Å². The Morgan fingerprint density at radius 1 is 1.15 bits per heavy atom. The highest BCUT2D eigenvalue weighted by atomic mass is 16.5. The van der Waals surface area contributed by atoms with Gasteiger partial charge in [0.15, 0.2) is 0 Å². The second-order valence-electron chi connectivity index (χ2n) is 4.87. The van der Waals surface area contributed by atoms with Crippen LogP contribution in [0.25, 0.3) is 0 Å². The average molecular weight is 271 g/mol. The molecule has 0 aliphatic carbocycles. The molecule has 0 fully saturated rings. The largest absolute Gasteiger partial charge is 0.444 e. The van der Waals surface area contributed by atoms with Gasteiger partial charge in [0.25, 0.3) is 5.56 Å². The Morgan fingerprint density at radius 3 is 2.50 bits per heavy atom. The number of pyridine rings is 1. The molecular formula is C16H17NO3. The van der Waals surface area contributed by atoms with Gasteiger partial charge in [-0.3, -0.25) is 4.79 Å². The van der Waals surface area contributed by atoms with Crippen molar-refractivity contribution in [3.05, 3.63) is 70.1 Å². The summed E-state index contributed by atoms with van der Waals surface area (Å²) < 4.78 is 6.17. The maximum absolute atomic E-state index is 12.0. The zero-order chi connectivity index (χ0) is 14.5. The zero-order valence-corrected chi connectivity index (χ0v) is 11.6. The standard InChI is InChI=1S/C16H17NO3/c1-12(2)14-8-9-15(18)17(10-14)16(19)20-11-13-6-4-3-5-7-13/h3-10,12H,11H2,1-2H3. The maximum Gasteiger partial charge on any atom is 0.421 e. The Morgan fingerprint density at radius 2 is 1.85 bits per heavy atom. The number of rotatable bonds is 3. The third kappa shape index (κ3) is 3.35. The minimum absolute atomic E-state index is 0.151. The highest BCUT2D eigenvalue weighted by molar-refractivity contribution is 5.70. The molecule has 1 heterocycles. The summed E-state index contributed by atoms with van der Waals surface area (Å²) in [6, 6.07) is 12.5. The number of nitrogens with zero attached hydrogens (tertiary/aromatic N) is 1. The number of benzene rings is 1. The molecule has 0 spiro atoms. The molecular weight excluding hydrogens is 254 g/mol. The van der Waals surface area contributed by atoms with Gasteiger partial charge in [-0.15, -0.1) is 0 Å². The van der Waals surface area contributed by atoms with Crippen molar-refractivity contribution < 1.29 is 9.53 Å². The highest BCUT2D eigenvalue weighted by Gasteiger charge is 2.10. The first-order chi connectivity index (χ1) is 9.58. The van der Waals surface area contributed by atoms with Crippen LogP contribution in [-0.4, -0.2) is 10.7 Å². The lowest BCUT2D eigenvalue weighted by Gasteiger charge is -2.10. The van der Waals surface area contributed by atoms with Crippen LogP contribution in [0.2, 0.25) is 0 Å². The minimum atomic E-state index is -0.652. The van der Waals surface area contributed by atoms with Crippen LogP contribution in [-0.2, 0) is 11.3 Å². The van der Waals surface area contributed by atoms with Crippen LogP contribution in [0.3, 0.4) is 0 Å². The predicted molar refractivity (Wildman–Crippen MR) is 76.8 cm³/mol. The fourth-order valence-electron chi connectivity index (χ4n) is 1.78. The van der Waals surface area contributed by atoms with Gasteiger partial charge in [-0.2, -0.15) is 0 Å². The molecule has 0 radical (unpaired) electrons. The van der Waals surface area contributed by atoms with Gasteiger partial charge in [-0.05, 0) is 17.0 Å². The smallest absolute Gasteiger partial charge is 0.421 e. The van der Waals surface area contributed by atoms with E-state index in [0.717, 1.165) is 15.7 Å². The van der Waals surface area contributed by atoms with Crippen LogP contribution >= 0.6 is 0 Å². The lowest BCUT2D eigenvalue weighted by atomic mass is 10.1. The normalized spacial score (nSPS) is 10.6. The number of hydrogen-bond donors (Lipinski definition) is 0. The Kier molecular flexibility index (Phi) is 4.35. The predicted octanol–water partition coefficient (Wildman–Crippen LogP) is 3.16. The van der Waals surface area contributed by atoms with E-state index in [1.165, 1.54) is 6.07 Å². The number of hydrogen-bond acceptors (Lipinski definition) is 3. The van der Waals surface area contributed by atoms with Crippen LogP contribution < -0.4 is 5.56 Å². The lowest BCUT2D eigenvalue weighted by molar-refractivity contribution is 0.140. The molecule has 0 amide bonds. The van der Waals surface area contributed by atoms with Crippen molar-refractivity contribution in [1.29, 1.82) is 0 Å². The molecule has 0 bridgehead atoms. The Bertz CT molecular complexity index is 644. The minimum Gasteiger partial charge on any atom is -0.444 e. The number of ether oxygens (including phenoxy) is 1. The first-order valence-electron chi connectivity index (χ1n) is 6.51. The molecule has 0 saturated heterocycles. The molecule has 1 aromatic carbocycles.